The Balaban J connectivity index is 3.19. The van der Waals surface area contributed by atoms with Crippen LogP contribution >= 0.6 is 0 Å². The summed E-state index contributed by atoms with van der Waals surface area (Å²) in [5.74, 6) is 0. The predicted molar refractivity (Wildman–Crippen MR) is 51.7 cm³/mol. The third kappa shape index (κ3) is 8.79. The van der Waals surface area contributed by atoms with E-state index < -0.39 is 12.1 Å². The molecule has 6 heteroatoms. The zero-order valence-corrected chi connectivity index (χ0v) is 8.08. The van der Waals surface area contributed by atoms with Gasteiger partial charge in [-0.2, -0.15) is 0 Å². The van der Waals surface area contributed by atoms with Crippen molar-refractivity contribution in [1.29, 1.82) is 0 Å². The molecule has 0 spiro atoms. The smallest absolute Gasteiger partial charge is 0.322 e. The van der Waals surface area contributed by atoms with E-state index in [-0.39, 0.29) is 6.61 Å². The molecule has 0 radical (unpaired) electrons. The molecule has 0 aliphatic rings. The second kappa shape index (κ2) is 8.31. The van der Waals surface area contributed by atoms with Crippen LogP contribution in [0.3, 0.4) is 0 Å². The Bertz CT molecular complexity index is 185. The number of hydrogen-bond donors (Lipinski definition) is 4. The van der Waals surface area contributed by atoms with Crippen LogP contribution in [0, 0.1) is 0 Å². The SMILES string of the molecule is NC(=O)NC(=O)NCCCCCCO. The van der Waals surface area contributed by atoms with Gasteiger partial charge in [-0.25, -0.2) is 9.59 Å². The van der Waals surface area contributed by atoms with Crippen molar-refractivity contribution in [1.82, 2.24) is 10.6 Å². The zero-order chi connectivity index (χ0) is 10.8. The van der Waals surface area contributed by atoms with E-state index in [4.69, 9.17) is 10.8 Å². The van der Waals surface area contributed by atoms with Gasteiger partial charge < -0.3 is 16.2 Å². The lowest BCUT2D eigenvalue weighted by Gasteiger charge is -2.04. The summed E-state index contributed by atoms with van der Waals surface area (Å²) in [5.41, 5.74) is 4.72. The van der Waals surface area contributed by atoms with Gasteiger partial charge in [0.25, 0.3) is 0 Å². The molecule has 0 aromatic carbocycles. The number of unbranched alkanes of at least 4 members (excludes halogenated alkanes) is 3. The van der Waals surface area contributed by atoms with Crippen LogP contribution in [0.25, 0.3) is 0 Å². The molecule has 0 bridgehead atoms. The maximum atomic E-state index is 10.8. The van der Waals surface area contributed by atoms with Crippen molar-refractivity contribution < 1.29 is 14.7 Å². The van der Waals surface area contributed by atoms with Crippen molar-refractivity contribution in [2.45, 2.75) is 25.7 Å². The van der Waals surface area contributed by atoms with Crippen molar-refractivity contribution in [3.8, 4) is 0 Å². The molecule has 0 aliphatic heterocycles. The number of carbonyl (C=O) groups is 2. The Morgan fingerprint density at radius 1 is 1.14 bits per heavy atom. The zero-order valence-electron chi connectivity index (χ0n) is 8.08. The Morgan fingerprint density at radius 3 is 2.36 bits per heavy atom. The molecule has 4 amide bonds. The fourth-order valence-corrected chi connectivity index (χ4v) is 0.948. The minimum absolute atomic E-state index is 0.204. The van der Waals surface area contributed by atoms with Crippen molar-refractivity contribution in [3.05, 3.63) is 0 Å². The summed E-state index contributed by atoms with van der Waals surface area (Å²) in [7, 11) is 0. The van der Waals surface area contributed by atoms with Crippen LogP contribution in [0.5, 0.6) is 0 Å². The standard InChI is InChI=1S/C8H17N3O3/c9-7(13)11-8(14)10-5-3-1-2-4-6-12/h12H,1-6H2,(H4,9,10,11,13,14). The van der Waals surface area contributed by atoms with Gasteiger partial charge in [-0.3, -0.25) is 5.32 Å². The third-order valence-corrected chi connectivity index (χ3v) is 1.61. The predicted octanol–water partition coefficient (Wildman–Crippen LogP) is -0.0830. The lowest BCUT2D eigenvalue weighted by molar-refractivity contribution is 0.231. The molecule has 0 aromatic rings. The average molecular weight is 203 g/mol. The lowest BCUT2D eigenvalue weighted by Crippen LogP contribution is -2.42. The van der Waals surface area contributed by atoms with E-state index in [1.54, 1.807) is 0 Å². The molecule has 0 aromatic heterocycles. The molecule has 5 N–H and O–H groups in total. The number of aliphatic hydroxyl groups excluding tert-OH is 1. The van der Waals surface area contributed by atoms with Crippen LogP contribution in [0.4, 0.5) is 9.59 Å². The van der Waals surface area contributed by atoms with E-state index in [2.05, 4.69) is 5.32 Å². The van der Waals surface area contributed by atoms with Gasteiger partial charge in [-0.1, -0.05) is 12.8 Å². The van der Waals surface area contributed by atoms with E-state index in [9.17, 15) is 9.59 Å². The van der Waals surface area contributed by atoms with Crippen molar-refractivity contribution in [2.75, 3.05) is 13.2 Å². The van der Waals surface area contributed by atoms with E-state index in [0.717, 1.165) is 25.7 Å². The molecule has 0 atom stereocenters. The maximum Gasteiger partial charge on any atom is 0.322 e. The molecule has 0 rings (SSSR count). The second-order valence-corrected chi connectivity index (χ2v) is 2.88. The van der Waals surface area contributed by atoms with Crippen molar-refractivity contribution in [2.24, 2.45) is 5.73 Å². The molecule has 0 unspecified atom stereocenters. The number of rotatable bonds is 6. The van der Waals surface area contributed by atoms with Crippen LogP contribution in [-0.2, 0) is 0 Å². The van der Waals surface area contributed by atoms with Crippen molar-refractivity contribution >= 4 is 12.1 Å². The monoisotopic (exact) mass is 203 g/mol. The number of hydrogen-bond acceptors (Lipinski definition) is 3. The van der Waals surface area contributed by atoms with Crippen molar-refractivity contribution in [3.63, 3.8) is 0 Å². The minimum atomic E-state index is -0.859. The first kappa shape index (κ1) is 12.7. The van der Waals surface area contributed by atoms with E-state index in [1.807, 2.05) is 5.32 Å². The van der Waals surface area contributed by atoms with E-state index >= 15 is 0 Å². The Labute approximate surface area is 82.9 Å². The number of primary amides is 1. The molecule has 0 heterocycles. The van der Waals surface area contributed by atoms with Gasteiger partial charge in [-0.05, 0) is 12.8 Å². The first-order valence-electron chi connectivity index (χ1n) is 4.62. The normalized spacial score (nSPS) is 9.50. The molecule has 0 saturated heterocycles. The highest BCUT2D eigenvalue weighted by Crippen LogP contribution is 1.97. The number of carbonyl (C=O) groups excluding carboxylic acids is 2. The lowest BCUT2D eigenvalue weighted by atomic mass is 10.2. The highest BCUT2D eigenvalue weighted by atomic mass is 16.3. The second-order valence-electron chi connectivity index (χ2n) is 2.88. The summed E-state index contributed by atoms with van der Waals surface area (Å²) >= 11 is 0. The molecule has 0 saturated carbocycles. The number of nitrogens with two attached hydrogens (primary N) is 1. The highest BCUT2D eigenvalue weighted by Gasteiger charge is 2.00. The van der Waals surface area contributed by atoms with E-state index in [1.165, 1.54) is 0 Å². The van der Waals surface area contributed by atoms with Gasteiger partial charge in [0.1, 0.15) is 0 Å². The number of urea groups is 2. The maximum absolute atomic E-state index is 10.8. The van der Waals surface area contributed by atoms with Crippen LogP contribution in [0.2, 0.25) is 0 Å². The van der Waals surface area contributed by atoms with Gasteiger partial charge in [-0.15, -0.1) is 0 Å². The number of amides is 4. The Kier molecular flexibility index (Phi) is 7.53. The largest absolute Gasteiger partial charge is 0.396 e. The molecule has 82 valence electrons. The summed E-state index contributed by atoms with van der Waals surface area (Å²) in [6.07, 6.45) is 3.49. The van der Waals surface area contributed by atoms with Crippen LogP contribution in [0.15, 0.2) is 0 Å². The molecule has 0 aliphatic carbocycles. The van der Waals surface area contributed by atoms with Crippen LogP contribution in [0.1, 0.15) is 25.7 Å². The van der Waals surface area contributed by atoms with Crippen LogP contribution in [-0.4, -0.2) is 30.3 Å². The molecule has 14 heavy (non-hydrogen) atoms. The van der Waals surface area contributed by atoms with Gasteiger partial charge >= 0.3 is 12.1 Å². The number of aliphatic hydroxyl groups is 1. The van der Waals surface area contributed by atoms with E-state index in [0.29, 0.717) is 6.54 Å². The topological polar surface area (TPSA) is 104 Å². The summed E-state index contributed by atoms with van der Waals surface area (Å²) < 4.78 is 0. The number of imide groups is 1. The molecule has 0 fully saturated rings. The Morgan fingerprint density at radius 2 is 1.79 bits per heavy atom. The van der Waals surface area contributed by atoms with Gasteiger partial charge in [0.05, 0.1) is 0 Å². The quantitative estimate of drug-likeness (QED) is 0.454. The first-order chi connectivity index (χ1) is 6.66. The molecular formula is C8H17N3O3. The summed E-state index contributed by atoms with van der Waals surface area (Å²) in [6.45, 7) is 0.708. The van der Waals surface area contributed by atoms with Gasteiger partial charge in [0.2, 0.25) is 0 Å². The molecular weight excluding hydrogens is 186 g/mol. The number of nitrogens with one attached hydrogen (secondary N) is 2. The van der Waals surface area contributed by atoms with Gasteiger partial charge in [0, 0.05) is 13.2 Å². The fourth-order valence-electron chi connectivity index (χ4n) is 0.948. The average Bonchev–Trinajstić information content (AvgIpc) is 2.10. The summed E-state index contributed by atoms with van der Waals surface area (Å²) in [5, 5.41) is 12.9. The highest BCUT2D eigenvalue weighted by molar-refractivity contribution is 5.92. The third-order valence-electron chi connectivity index (χ3n) is 1.61. The summed E-state index contributed by atoms with van der Waals surface area (Å²) in [6, 6.07) is -1.43. The van der Waals surface area contributed by atoms with Crippen LogP contribution < -0.4 is 16.4 Å². The van der Waals surface area contributed by atoms with Gasteiger partial charge in [0.15, 0.2) is 0 Å². The minimum Gasteiger partial charge on any atom is -0.396 e. The summed E-state index contributed by atoms with van der Waals surface area (Å²) in [4.78, 5) is 21.0. The fraction of sp³-hybridized carbons (Fsp3) is 0.750. The first-order valence-corrected chi connectivity index (χ1v) is 4.62. The molecule has 6 nitrogen and oxygen atoms in total. The Hall–Kier alpha value is -1.30.